The molecule has 1 aromatic heterocycles. The van der Waals surface area contributed by atoms with Crippen LogP contribution in [-0.4, -0.2) is 123 Å². The molecule has 3 aromatic rings. The van der Waals surface area contributed by atoms with Crippen molar-refractivity contribution in [3.63, 3.8) is 0 Å². The first kappa shape index (κ1) is 51.7. The summed E-state index contributed by atoms with van der Waals surface area (Å²) in [7, 11) is -1.48. The predicted octanol–water partition coefficient (Wildman–Crippen LogP) is 5.38. The molecule has 0 amide bonds. The Kier molecular flexibility index (Phi) is 20.1. The van der Waals surface area contributed by atoms with Crippen molar-refractivity contribution in [3.05, 3.63) is 103 Å². The molecule has 3 heterocycles. The minimum absolute atomic E-state index is 0.00288. The van der Waals surface area contributed by atoms with Crippen LogP contribution in [0.4, 0.5) is 15.3 Å². The standard InChI is InChI=1S/C42H55N7O14S3/c1-27(2)22-48(66(55,56)33-11-9-31(43)10-12-33)24-35(30(19-29-7-5-4-6-8-29)20-38(50)61-32-13-14-57-25-32)63-42(54)59-16-18-65-64-17-15-58-41(53)60-26-36-34(46-47-44)21-37(62-36)49-23-28(3)39(51)45-40(49)52/h4-12,23,27,30,32,34-37H,13-22,24-26,43H2,1-3H3,(H,45,51,52)/t30-,32+,34+,35-,36-,37-/m1/s1. The van der Waals surface area contributed by atoms with Gasteiger partial charge in [0, 0.05) is 59.2 Å². The smallest absolute Gasteiger partial charge is 0.460 e. The molecular formula is C42H55N7O14S3. The maximum Gasteiger partial charge on any atom is 0.508 e. The van der Waals surface area contributed by atoms with E-state index in [0.717, 1.165) is 5.56 Å². The molecule has 0 unspecified atom stereocenters. The van der Waals surface area contributed by atoms with Crippen LogP contribution < -0.4 is 17.0 Å². The SMILES string of the molecule is Cc1cn([C@H]2C[C@H](N=[N+]=[N-])[C@@H](COC(=O)OCCSSCCOC(=O)O[C@H](CN(CC(C)C)S(=O)(=O)c3ccc(N)cc3)[C@@H](CC(=O)O[C@H]3CCOC3)Cc3ccccc3)O2)c(=O)[nH]c1=O. The molecule has 24 heteroatoms. The Morgan fingerprint density at radius 3 is 2.36 bits per heavy atom. The third kappa shape index (κ3) is 16.0. The highest BCUT2D eigenvalue weighted by molar-refractivity contribution is 8.76. The quantitative estimate of drug-likeness (QED) is 0.0167. The van der Waals surface area contributed by atoms with E-state index >= 15 is 0 Å². The van der Waals surface area contributed by atoms with Gasteiger partial charge in [0.1, 0.15) is 44.4 Å². The van der Waals surface area contributed by atoms with Crippen molar-refractivity contribution in [1.29, 1.82) is 0 Å². The van der Waals surface area contributed by atoms with Gasteiger partial charge >= 0.3 is 24.0 Å². The number of H-pyrrole nitrogens is 1. The molecule has 66 heavy (non-hydrogen) atoms. The fourth-order valence-electron chi connectivity index (χ4n) is 7.07. The first-order chi connectivity index (χ1) is 31.6. The first-order valence-electron chi connectivity index (χ1n) is 21.2. The van der Waals surface area contributed by atoms with Crippen molar-refractivity contribution in [2.24, 2.45) is 17.0 Å². The second-order valence-electron chi connectivity index (χ2n) is 15.8. The number of rotatable bonds is 24. The van der Waals surface area contributed by atoms with Crippen LogP contribution >= 0.6 is 21.6 Å². The molecule has 0 spiro atoms. The molecule has 0 aliphatic carbocycles. The van der Waals surface area contributed by atoms with Gasteiger partial charge in [-0.05, 0) is 54.6 Å². The number of ether oxygens (including phenoxy) is 7. The first-order valence-corrected chi connectivity index (χ1v) is 25.1. The number of aromatic nitrogens is 2. The normalized spacial score (nSPS) is 19.2. The molecule has 0 bridgehead atoms. The van der Waals surface area contributed by atoms with E-state index in [-0.39, 0.29) is 75.2 Å². The number of hydrogen-bond acceptors (Lipinski definition) is 18. The lowest BCUT2D eigenvalue weighted by Crippen LogP contribution is -2.45. The monoisotopic (exact) mass is 977 g/mol. The second-order valence-corrected chi connectivity index (χ2v) is 20.5. The molecule has 2 saturated heterocycles. The minimum atomic E-state index is -4.13. The number of sulfonamides is 1. The van der Waals surface area contributed by atoms with Gasteiger partial charge in [-0.15, -0.1) is 0 Å². The zero-order valence-electron chi connectivity index (χ0n) is 36.8. The molecular weight excluding hydrogens is 923 g/mol. The minimum Gasteiger partial charge on any atom is -0.460 e. The highest BCUT2D eigenvalue weighted by atomic mass is 33.1. The zero-order valence-corrected chi connectivity index (χ0v) is 39.2. The number of azide groups is 1. The van der Waals surface area contributed by atoms with Crippen molar-refractivity contribution in [3.8, 4) is 0 Å². The number of nitrogens with one attached hydrogen (secondary N) is 1. The van der Waals surface area contributed by atoms with Gasteiger partial charge in [-0.25, -0.2) is 22.8 Å². The van der Waals surface area contributed by atoms with E-state index in [1.807, 2.05) is 44.2 Å². The molecule has 5 rings (SSSR count). The van der Waals surface area contributed by atoms with E-state index in [0.29, 0.717) is 30.2 Å². The number of anilines is 1. The number of nitrogens with two attached hydrogens (primary N) is 1. The molecule has 0 saturated carbocycles. The summed E-state index contributed by atoms with van der Waals surface area (Å²) in [6.45, 7) is 5.33. The Labute approximate surface area is 389 Å². The average Bonchev–Trinajstić information content (AvgIpc) is 3.94. The van der Waals surface area contributed by atoms with Crippen LogP contribution in [0.2, 0.25) is 0 Å². The predicted molar refractivity (Wildman–Crippen MR) is 244 cm³/mol. The van der Waals surface area contributed by atoms with Crippen LogP contribution in [0.5, 0.6) is 0 Å². The van der Waals surface area contributed by atoms with E-state index in [2.05, 4.69) is 15.0 Å². The van der Waals surface area contributed by atoms with Crippen LogP contribution in [0.25, 0.3) is 10.4 Å². The summed E-state index contributed by atoms with van der Waals surface area (Å²) in [5, 5.41) is 3.70. The third-order valence-electron chi connectivity index (χ3n) is 10.3. The van der Waals surface area contributed by atoms with Crippen molar-refractivity contribution in [2.75, 3.05) is 63.4 Å². The lowest BCUT2D eigenvalue weighted by Gasteiger charge is -2.32. The number of benzene rings is 2. The van der Waals surface area contributed by atoms with Gasteiger partial charge in [-0.2, -0.15) is 4.31 Å². The second kappa shape index (κ2) is 25.6. The summed E-state index contributed by atoms with van der Waals surface area (Å²) < 4.78 is 69.3. The van der Waals surface area contributed by atoms with Crippen LogP contribution in [0.1, 0.15) is 50.5 Å². The van der Waals surface area contributed by atoms with Gasteiger partial charge in [-0.3, -0.25) is 19.1 Å². The van der Waals surface area contributed by atoms with Gasteiger partial charge in [0.05, 0.1) is 37.1 Å². The maximum absolute atomic E-state index is 14.1. The van der Waals surface area contributed by atoms with E-state index < -0.39 is 76.1 Å². The van der Waals surface area contributed by atoms with Crippen LogP contribution in [0, 0.1) is 18.8 Å². The van der Waals surface area contributed by atoms with Crippen molar-refractivity contribution in [2.45, 2.75) is 81.9 Å². The van der Waals surface area contributed by atoms with Crippen molar-refractivity contribution < 1.29 is 56.0 Å². The summed E-state index contributed by atoms with van der Waals surface area (Å²) in [5.41, 5.74) is 15.1. The van der Waals surface area contributed by atoms with Gasteiger partial charge in [0.15, 0.2) is 0 Å². The van der Waals surface area contributed by atoms with E-state index in [4.69, 9.17) is 44.4 Å². The van der Waals surface area contributed by atoms with Crippen LogP contribution in [0.15, 0.2) is 80.4 Å². The topological polar surface area (TPSA) is 283 Å². The van der Waals surface area contributed by atoms with Gasteiger partial charge in [-0.1, -0.05) is 70.9 Å². The summed E-state index contributed by atoms with van der Waals surface area (Å²) in [6.07, 6.45) is -3.32. The van der Waals surface area contributed by atoms with Gasteiger partial charge < -0.3 is 38.9 Å². The Morgan fingerprint density at radius 1 is 1.02 bits per heavy atom. The van der Waals surface area contributed by atoms with E-state index in [1.165, 1.54) is 67.8 Å². The highest BCUT2D eigenvalue weighted by Crippen LogP contribution is 2.31. The van der Waals surface area contributed by atoms with Gasteiger partial charge in [0.2, 0.25) is 10.0 Å². The highest BCUT2D eigenvalue weighted by Gasteiger charge is 2.38. The van der Waals surface area contributed by atoms with Crippen LogP contribution in [-0.2, 0) is 54.4 Å². The molecule has 2 aliphatic rings. The van der Waals surface area contributed by atoms with E-state index in [9.17, 15) is 32.4 Å². The number of nitrogens with zero attached hydrogens (tertiary/aromatic N) is 5. The van der Waals surface area contributed by atoms with E-state index in [1.54, 1.807) is 0 Å². The maximum atomic E-state index is 14.1. The fraction of sp³-hybridized carbons (Fsp3) is 0.548. The number of aromatic amines is 1. The molecule has 2 aliphatic heterocycles. The molecule has 6 atom stereocenters. The summed E-state index contributed by atoms with van der Waals surface area (Å²) >= 11 is 0. The summed E-state index contributed by atoms with van der Waals surface area (Å²) in [6, 6.07) is 14.3. The molecule has 360 valence electrons. The summed E-state index contributed by atoms with van der Waals surface area (Å²) in [5.74, 6) is -0.747. The number of carbonyl (C=O) groups excluding carboxylic acids is 3. The van der Waals surface area contributed by atoms with Gasteiger partial charge in [0.25, 0.3) is 5.56 Å². The molecule has 21 nitrogen and oxygen atoms in total. The Morgan fingerprint density at radius 2 is 1.71 bits per heavy atom. The summed E-state index contributed by atoms with van der Waals surface area (Å²) in [4.78, 5) is 68.2. The molecule has 0 radical (unpaired) electrons. The Hall–Kier alpha value is -5.23. The lowest BCUT2D eigenvalue weighted by molar-refractivity contribution is -0.151. The molecule has 2 fully saturated rings. The number of nitrogen functional groups attached to an aromatic ring is 1. The molecule has 3 N–H and O–H groups in total. The molecule has 2 aromatic carbocycles. The van der Waals surface area contributed by atoms with Crippen molar-refractivity contribution >= 4 is 55.6 Å². The average molecular weight is 978 g/mol. The number of aryl methyl sites for hydroxylation is 1. The third-order valence-corrected chi connectivity index (χ3v) is 14.5. The van der Waals surface area contributed by atoms with Crippen molar-refractivity contribution in [1.82, 2.24) is 13.9 Å². The fourth-order valence-corrected chi connectivity index (χ4v) is 10.3. The zero-order chi connectivity index (χ0) is 47.6. The number of carbonyl (C=O) groups is 3. The van der Waals surface area contributed by atoms with Crippen LogP contribution in [0.3, 0.4) is 0 Å². The number of esters is 1. The largest absolute Gasteiger partial charge is 0.508 e. The number of hydrogen-bond donors (Lipinski definition) is 2. The Balaban J connectivity index is 1.13. The lowest BCUT2D eigenvalue weighted by atomic mass is 9.90. The Bertz CT molecular complexity index is 2340.